The average Bonchev–Trinajstić information content (AvgIpc) is 3.42. The van der Waals surface area contributed by atoms with E-state index in [-0.39, 0.29) is 29.7 Å². The Morgan fingerprint density at radius 3 is 2.81 bits per heavy atom. The van der Waals surface area contributed by atoms with Gasteiger partial charge in [0.05, 0.1) is 24.3 Å². The number of pyridine rings is 1. The lowest BCUT2D eigenvalue weighted by Gasteiger charge is -2.24. The van der Waals surface area contributed by atoms with Gasteiger partial charge in [-0.25, -0.2) is 0 Å². The molecular formula is C23H30N6O3. The molecule has 9 nitrogen and oxygen atoms in total. The number of hydrogen-bond acceptors (Lipinski definition) is 6. The van der Waals surface area contributed by atoms with Crippen molar-refractivity contribution in [1.29, 1.82) is 0 Å². The van der Waals surface area contributed by atoms with E-state index in [1.165, 1.54) is 0 Å². The van der Waals surface area contributed by atoms with Crippen LogP contribution in [0, 0.1) is 11.8 Å². The maximum Gasteiger partial charge on any atom is 0.246 e. The Kier molecular flexibility index (Phi) is 6.94. The van der Waals surface area contributed by atoms with E-state index in [0.717, 1.165) is 23.8 Å². The van der Waals surface area contributed by atoms with Crippen LogP contribution in [-0.2, 0) is 27.3 Å². The van der Waals surface area contributed by atoms with Gasteiger partial charge in [0.2, 0.25) is 11.8 Å². The summed E-state index contributed by atoms with van der Waals surface area (Å²) in [7, 11) is 0. The second-order valence-corrected chi connectivity index (χ2v) is 8.58. The summed E-state index contributed by atoms with van der Waals surface area (Å²) in [6.45, 7) is 6.94. The van der Waals surface area contributed by atoms with Crippen LogP contribution in [0.2, 0.25) is 0 Å². The first-order valence-electron chi connectivity index (χ1n) is 11.2. The Balaban J connectivity index is 1.44. The smallest absolute Gasteiger partial charge is 0.246 e. The predicted molar refractivity (Wildman–Crippen MR) is 118 cm³/mol. The highest BCUT2D eigenvalue weighted by Crippen LogP contribution is 2.24. The zero-order valence-electron chi connectivity index (χ0n) is 18.6. The number of aromatic nitrogens is 4. The maximum absolute atomic E-state index is 12.7. The van der Waals surface area contributed by atoms with Gasteiger partial charge in [-0.15, -0.1) is 10.2 Å². The normalized spacial score (nSPS) is 19.7. The number of nitrogens with zero attached hydrogens (tertiary/aromatic N) is 5. The van der Waals surface area contributed by atoms with Crippen molar-refractivity contribution in [3.8, 4) is 0 Å². The molecule has 4 rings (SSSR count). The minimum atomic E-state index is -0.240. The van der Waals surface area contributed by atoms with E-state index in [2.05, 4.69) is 38.9 Å². The zero-order chi connectivity index (χ0) is 22.5. The number of ether oxygens (including phenoxy) is 1. The molecule has 170 valence electrons. The third-order valence-electron chi connectivity index (χ3n) is 5.99. The highest BCUT2D eigenvalue weighted by atomic mass is 16.5. The van der Waals surface area contributed by atoms with Crippen molar-refractivity contribution >= 4 is 17.9 Å². The van der Waals surface area contributed by atoms with Crippen LogP contribution < -0.4 is 5.32 Å². The number of rotatable bonds is 6. The molecule has 1 fully saturated rings. The van der Waals surface area contributed by atoms with Crippen LogP contribution in [0.5, 0.6) is 0 Å². The summed E-state index contributed by atoms with van der Waals surface area (Å²) in [6, 6.07) is 5.35. The number of amides is 2. The zero-order valence-corrected chi connectivity index (χ0v) is 18.6. The lowest BCUT2D eigenvalue weighted by atomic mass is 10.0. The molecule has 2 aromatic heterocycles. The molecule has 2 amide bonds. The van der Waals surface area contributed by atoms with Gasteiger partial charge in [0, 0.05) is 44.9 Å². The number of carbonyl (C=O) groups is 2. The minimum absolute atomic E-state index is 0.00337. The molecule has 0 unspecified atom stereocenters. The van der Waals surface area contributed by atoms with Crippen LogP contribution in [0.3, 0.4) is 0 Å². The lowest BCUT2D eigenvalue weighted by Crippen LogP contribution is -2.38. The molecule has 2 aliphatic rings. The molecule has 2 aliphatic heterocycles. The van der Waals surface area contributed by atoms with Gasteiger partial charge in [0.1, 0.15) is 5.82 Å². The fraction of sp³-hybridized carbons (Fsp3) is 0.522. The highest BCUT2D eigenvalue weighted by molar-refractivity contribution is 5.91. The lowest BCUT2D eigenvalue weighted by molar-refractivity contribution is -0.126. The van der Waals surface area contributed by atoms with E-state index in [0.29, 0.717) is 39.3 Å². The molecular weight excluding hydrogens is 408 g/mol. The van der Waals surface area contributed by atoms with Crippen molar-refractivity contribution in [1.82, 2.24) is 30.0 Å². The fourth-order valence-corrected chi connectivity index (χ4v) is 4.07. The van der Waals surface area contributed by atoms with Crippen molar-refractivity contribution in [3.63, 3.8) is 0 Å². The van der Waals surface area contributed by atoms with Crippen LogP contribution in [-0.4, -0.2) is 62.8 Å². The number of hydrogen-bond donors (Lipinski definition) is 1. The molecule has 0 saturated carbocycles. The molecule has 0 aromatic carbocycles. The van der Waals surface area contributed by atoms with E-state index in [1.54, 1.807) is 18.3 Å². The van der Waals surface area contributed by atoms with Crippen LogP contribution in [0.4, 0.5) is 0 Å². The van der Waals surface area contributed by atoms with Gasteiger partial charge in [0.25, 0.3) is 0 Å². The summed E-state index contributed by atoms with van der Waals surface area (Å²) in [4.78, 5) is 31.5. The standard InChI is InChI=1S/C23H30N6O3/c1-16(2)21(25-23(31)17-9-14-32-15-17)22-27-26-19-8-11-28(12-13-29(19)22)20(30)7-6-18-5-3-4-10-24-18/h3-7,10,16-17,21H,8-9,11-15H2,1-2H3,(H,25,31)/b7-6+/t17-,21+/m0/s1. The molecule has 2 aromatic rings. The van der Waals surface area contributed by atoms with Crippen molar-refractivity contribution in [2.75, 3.05) is 26.3 Å². The monoisotopic (exact) mass is 438 g/mol. The second kappa shape index (κ2) is 10.0. The number of carbonyl (C=O) groups excluding carboxylic acids is 2. The predicted octanol–water partition coefficient (Wildman–Crippen LogP) is 1.62. The van der Waals surface area contributed by atoms with Crippen LogP contribution in [0.15, 0.2) is 30.5 Å². The molecule has 32 heavy (non-hydrogen) atoms. The third kappa shape index (κ3) is 5.04. The summed E-state index contributed by atoms with van der Waals surface area (Å²) in [5.74, 6) is 1.59. The highest BCUT2D eigenvalue weighted by Gasteiger charge is 2.31. The first kappa shape index (κ1) is 22.1. The average molecular weight is 439 g/mol. The molecule has 1 saturated heterocycles. The third-order valence-corrected chi connectivity index (χ3v) is 5.99. The van der Waals surface area contributed by atoms with E-state index in [1.807, 2.05) is 23.1 Å². The quantitative estimate of drug-likeness (QED) is 0.688. The Labute approximate surface area is 187 Å². The van der Waals surface area contributed by atoms with Crippen molar-refractivity contribution in [3.05, 3.63) is 47.8 Å². The van der Waals surface area contributed by atoms with Gasteiger partial charge in [-0.05, 0) is 30.5 Å². The summed E-state index contributed by atoms with van der Waals surface area (Å²) in [5.41, 5.74) is 0.748. The summed E-state index contributed by atoms with van der Waals surface area (Å²) in [5, 5.41) is 12.0. The summed E-state index contributed by atoms with van der Waals surface area (Å²) < 4.78 is 7.42. The van der Waals surface area contributed by atoms with E-state index < -0.39 is 0 Å². The van der Waals surface area contributed by atoms with Gasteiger partial charge >= 0.3 is 0 Å². The van der Waals surface area contributed by atoms with Crippen molar-refractivity contribution < 1.29 is 14.3 Å². The van der Waals surface area contributed by atoms with Crippen LogP contribution in [0.25, 0.3) is 6.08 Å². The Bertz CT molecular complexity index is 965. The molecule has 0 radical (unpaired) electrons. The largest absolute Gasteiger partial charge is 0.381 e. The van der Waals surface area contributed by atoms with Gasteiger partial charge < -0.3 is 19.5 Å². The van der Waals surface area contributed by atoms with Crippen molar-refractivity contribution in [2.45, 2.75) is 39.3 Å². The molecule has 9 heteroatoms. The molecule has 4 heterocycles. The van der Waals surface area contributed by atoms with E-state index in [9.17, 15) is 9.59 Å². The van der Waals surface area contributed by atoms with Crippen LogP contribution >= 0.6 is 0 Å². The SMILES string of the molecule is CC(C)[C@@H](NC(=O)[C@H]1CCOC1)c1nnc2n1CCN(C(=O)/C=C/c1ccccn1)CC2. The fourth-order valence-electron chi connectivity index (χ4n) is 4.07. The molecule has 2 atom stereocenters. The first-order chi connectivity index (χ1) is 15.5. The molecule has 0 spiro atoms. The minimum Gasteiger partial charge on any atom is -0.381 e. The number of nitrogens with one attached hydrogen (secondary N) is 1. The first-order valence-corrected chi connectivity index (χ1v) is 11.2. The molecule has 0 aliphatic carbocycles. The van der Waals surface area contributed by atoms with Gasteiger partial charge in [-0.1, -0.05) is 19.9 Å². The topological polar surface area (TPSA) is 102 Å². The second-order valence-electron chi connectivity index (χ2n) is 8.58. The summed E-state index contributed by atoms with van der Waals surface area (Å²) in [6.07, 6.45) is 6.36. The molecule has 1 N–H and O–H groups in total. The summed E-state index contributed by atoms with van der Waals surface area (Å²) >= 11 is 0. The Morgan fingerprint density at radius 2 is 2.09 bits per heavy atom. The van der Waals surface area contributed by atoms with Gasteiger partial charge in [-0.3, -0.25) is 14.6 Å². The Hall–Kier alpha value is -3.07. The number of fused-ring (bicyclic) bond motifs is 1. The van der Waals surface area contributed by atoms with Crippen molar-refractivity contribution in [2.24, 2.45) is 11.8 Å². The molecule has 0 bridgehead atoms. The van der Waals surface area contributed by atoms with Crippen LogP contribution in [0.1, 0.15) is 43.7 Å². The maximum atomic E-state index is 12.7. The van der Waals surface area contributed by atoms with Gasteiger partial charge in [0.15, 0.2) is 5.82 Å². The van der Waals surface area contributed by atoms with E-state index >= 15 is 0 Å². The Morgan fingerprint density at radius 1 is 1.22 bits per heavy atom. The van der Waals surface area contributed by atoms with Gasteiger partial charge in [-0.2, -0.15) is 0 Å². The van der Waals surface area contributed by atoms with E-state index in [4.69, 9.17) is 4.74 Å².